The molecule has 0 saturated carbocycles. The normalized spacial score (nSPS) is 24.5. The van der Waals surface area contributed by atoms with Gasteiger partial charge in [0.1, 0.15) is 23.3 Å². The Morgan fingerprint density at radius 2 is 1.96 bits per heavy atom. The van der Waals surface area contributed by atoms with Gasteiger partial charge in [-0.25, -0.2) is 8.42 Å². The third-order valence-corrected chi connectivity index (χ3v) is 8.62. The number of quaternary nitrogens is 1. The van der Waals surface area contributed by atoms with Gasteiger partial charge in [-0.3, -0.25) is 9.69 Å². The van der Waals surface area contributed by atoms with Gasteiger partial charge in [-0.1, -0.05) is 18.2 Å². The molecule has 1 aromatic carbocycles. The predicted molar refractivity (Wildman–Crippen MR) is 104 cm³/mol. The molecule has 1 fully saturated rings. The molecule has 2 atom stereocenters. The fourth-order valence-electron chi connectivity index (χ4n) is 3.93. The summed E-state index contributed by atoms with van der Waals surface area (Å²) in [6, 6.07) is 9.39. The van der Waals surface area contributed by atoms with E-state index in [-0.39, 0.29) is 23.5 Å². The fraction of sp³-hybridized carbons (Fsp3) is 0.421. The van der Waals surface area contributed by atoms with Crippen LogP contribution in [0.2, 0.25) is 0 Å². The van der Waals surface area contributed by atoms with Gasteiger partial charge in [0.05, 0.1) is 5.75 Å². The van der Waals surface area contributed by atoms with E-state index in [1.807, 2.05) is 35.2 Å². The van der Waals surface area contributed by atoms with Crippen LogP contribution in [0.5, 0.6) is 0 Å². The highest BCUT2D eigenvalue weighted by molar-refractivity contribution is 7.91. The first-order valence-electron chi connectivity index (χ1n) is 8.86. The zero-order valence-electron chi connectivity index (χ0n) is 15.0. The van der Waals surface area contributed by atoms with Gasteiger partial charge in [0, 0.05) is 22.4 Å². The number of hydrogen-bond donors (Lipinski definition) is 1. The van der Waals surface area contributed by atoms with E-state index in [0.717, 1.165) is 11.5 Å². The highest BCUT2D eigenvalue weighted by Crippen LogP contribution is 2.37. The van der Waals surface area contributed by atoms with Crippen LogP contribution in [0.25, 0.3) is 0 Å². The summed E-state index contributed by atoms with van der Waals surface area (Å²) in [7, 11) is -2.94. The van der Waals surface area contributed by atoms with Crippen molar-refractivity contribution in [3.05, 3.63) is 51.9 Å². The smallest absolute Gasteiger partial charge is 0.263 e. The molecular weight excluding hydrogens is 368 g/mol. The summed E-state index contributed by atoms with van der Waals surface area (Å²) in [4.78, 5) is 17.4. The molecule has 0 aliphatic carbocycles. The van der Waals surface area contributed by atoms with Crippen LogP contribution in [0, 0.1) is 13.8 Å². The molecule has 1 aromatic heterocycles. The van der Waals surface area contributed by atoms with E-state index < -0.39 is 9.84 Å². The van der Waals surface area contributed by atoms with Gasteiger partial charge < -0.3 is 4.90 Å². The Kier molecular flexibility index (Phi) is 4.41. The highest BCUT2D eigenvalue weighted by Gasteiger charge is 2.41. The molecule has 0 radical (unpaired) electrons. The van der Waals surface area contributed by atoms with Crippen molar-refractivity contribution in [2.24, 2.45) is 0 Å². The number of benzene rings is 1. The van der Waals surface area contributed by atoms with E-state index in [1.54, 1.807) is 11.3 Å². The number of rotatable bonds is 2. The minimum Gasteiger partial charge on any atom is -0.310 e. The monoisotopic (exact) mass is 391 g/mol. The number of hydrogen-bond acceptors (Lipinski definition) is 4. The maximum Gasteiger partial charge on any atom is 0.263 e. The number of sulfone groups is 1. The maximum absolute atomic E-state index is 13.2. The van der Waals surface area contributed by atoms with Gasteiger partial charge >= 0.3 is 0 Å². The van der Waals surface area contributed by atoms with Crippen molar-refractivity contribution >= 4 is 32.1 Å². The van der Waals surface area contributed by atoms with E-state index in [0.29, 0.717) is 18.7 Å². The lowest BCUT2D eigenvalue weighted by atomic mass is 10.1. The topological polar surface area (TPSA) is 58.9 Å². The number of carbonyl (C=O) groups excluding carboxylic acids is 1. The molecule has 5 nitrogen and oxygen atoms in total. The quantitative estimate of drug-likeness (QED) is 0.845. The lowest BCUT2D eigenvalue weighted by molar-refractivity contribution is -0.936. The van der Waals surface area contributed by atoms with Crippen molar-refractivity contribution < 1.29 is 18.1 Å². The summed E-state index contributed by atoms with van der Waals surface area (Å²) in [5, 5.41) is 1.03. The third kappa shape index (κ3) is 3.08. The molecule has 1 N–H and O–H groups in total. The minimum atomic E-state index is -2.94. The molecule has 26 heavy (non-hydrogen) atoms. The van der Waals surface area contributed by atoms with Crippen molar-refractivity contribution in [2.45, 2.75) is 32.9 Å². The van der Waals surface area contributed by atoms with Crippen LogP contribution in [0.3, 0.4) is 0 Å². The van der Waals surface area contributed by atoms with Crippen LogP contribution < -0.4 is 9.80 Å². The zero-order chi connectivity index (χ0) is 18.5. The summed E-state index contributed by atoms with van der Waals surface area (Å²) in [6.07, 6.45) is 0.683. The Morgan fingerprint density at radius 1 is 1.23 bits per heavy atom. The van der Waals surface area contributed by atoms with E-state index in [4.69, 9.17) is 0 Å². The number of anilines is 1. The molecule has 1 amide bonds. The Bertz CT molecular complexity index is 951. The van der Waals surface area contributed by atoms with Gasteiger partial charge in [0.25, 0.3) is 5.91 Å². The number of amides is 1. The Labute approximate surface area is 158 Å². The summed E-state index contributed by atoms with van der Waals surface area (Å²) >= 11 is 1.67. The molecule has 4 rings (SSSR count). The average molecular weight is 392 g/mol. The molecule has 0 spiro atoms. The van der Waals surface area contributed by atoms with Crippen LogP contribution in [0.1, 0.15) is 32.8 Å². The first-order chi connectivity index (χ1) is 12.4. The van der Waals surface area contributed by atoms with Crippen LogP contribution in [0.4, 0.5) is 5.00 Å². The molecule has 0 bridgehead atoms. The summed E-state index contributed by atoms with van der Waals surface area (Å²) in [5.41, 5.74) is 3.10. The molecule has 2 aromatic rings. The predicted octanol–water partition coefficient (Wildman–Crippen LogP) is 1.55. The second kappa shape index (κ2) is 6.48. The molecule has 138 valence electrons. The number of aryl methyl sites for hydroxylation is 1. The molecule has 1 saturated heterocycles. The largest absolute Gasteiger partial charge is 0.310 e. The average Bonchev–Trinajstić information content (AvgIpc) is 3.14. The SMILES string of the molecule is Cc1sc2c(c1C)C[NH+]([C@@H]1CCS(=O)(=O)C1)CN2C(=O)c1ccccc1. The number of nitrogens with zero attached hydrogens (tertiary/aromatic N) is 1. The van der Waals surface area contributed by atoms with Crippen LogP contribution in [-0.2, 0) is 16.4 Å². The molecule has 2 aliphatic rings. The lowest BCUT2D eigenvalue weighted by Gasteiger charge is -2.35. The van der Waals surface area contributed by atoms with Gasteiger partial charge in [-0.2, -0.15) is 0 Å². The second-order valence-electron chi connectivity index (χ2n) is 7.26. The zero-order valence-corrected chi connectivity index (χ0v) is 16.6. The summed E-state index contributed by atoms with van der Waals surface area (Å²) in [6.45, 7) is 5.51. The van der Waals surface area contributed by atoms with Crippen molar-refractivity contribution in [1.29, 1.82) is 0 Å². The van der Waals surface area contributed by atoms with Crippen LogP contribution in [-0.4, -0.2) is 38.5 Å². The molecule has 7 heteroatoms. The van der Waals surface area contributed by atoms with Crippen molar-refractivity contribution in [3.8, 4) is 0 Å². The number of nitrogens with one attached hydrogen (secondary N) is 1. The Balaban J connectivity index is 1.71. The van der Waals surface area contributed by atoms with Crippen molar-refractivity contribution in [2.75, 3.05) is 23.1 Å². The fourth-order valence-corrected chi connectivity index (χ4v) is 6.93. The van der Waals surface area contributed by atoms with E-state index >= 15 is 0 Å². The van der Waals surface area contributed by atoms with Crippen LogP contribution in [0.15, 0.2) is 30.3 Å². The number of thiophene rings is 1. The lowest BCUT2D eigenvalue weighted by Crippen LogP contribution is -3.17. The molecular formula is C19H23N2O3S2+. The third-order valence-electron chi connectivity index (χ3n) is 5.57. The van der Waals surface area contributed by atoms with E-state index in [2.05, 4.69) is 13.8 Å². The van der Waals surface area contributed by atoms with Gasteiger partial charge in [0.15, 0.2) is 16.5 Å². The summed E-state index contributed by atoms with van der Waals surface area (Å²) in [5.74, 6) is 0.487. The van der Waals surface area contributed by atoms with Crippen molar-refractivity contribution in [3.63, 3.8) is 0 Å². The molecule has 2 aliphatic heterocycles. The standard InChI is InChI=1S/C19H22N2O3S2/c1-13-14(2)25-19-17(13)10-20(16-8-9-26(23,24)11-16)12-21(19)18(22)15-6-4-3-5-7-15/h3-7,16H,8-12H2,1-2H3/p+1/t16-/m1/s1. The number of carbonyl (C=O) groups is 1. The van der Waals surface area contributed by atoms with E-state index in [9.17, 15) is 13.2 Å². The Morgan fingerprint density at radius 3 is 2.62 bits per heavy atom. The first kappa shape index (κ1) is 17.7. The van der Waals surface area contributed by atoms with Crippen LogP contribution >= 0.6 is 11.3 Å². The molecule has 3 heterocycles. The highest BCUT2D eigenvalue weighted by atomic mass is 32.2. The van der Waals surface area contributed by atoms with Crippen molar-refractivity contribution in [1.82, 2.24) is 0 Å². The van der Waals surface area contributed by atoms with Gasteiger partial charge in [-0.15, -0.1) is 11.3 Å². The van der Waals surface area contributed by atoms with Gasteiger partial charge in [-0.05, 0) is 31.5 Å². The second-order valence-corrected chi connectivity index (χ2v) is 10.7. The van der Waals surface area contributed by atoms with Gasteiger partial charge in [0.2, 0.25) is 0 Å². The first-order valence-corrected chi connectivity index (χ1v) is 11.5. The Hall–Kier alpha value is -1.70. The summed E-state index contributed by atoms with van der Waals surface area (Å²) < 4.78 is 23.9. The molecule has 1 unspecified atom stereocenters. The minimum absolute atomic E-state index is 0.00819. The number of fused-ring (bicyclic) bond motifs is 1. The maximum atomic E-state index is 13.2. The van der Waals surface area contributed by atoms with E-state index in [1.165, 1.54) is 20.9 Å².